The maximum atomic E-state index is 11.3. The van der Waals surface area contributed by atoms with Crippen LogP contribution in [-0.4, -0.2) is 51.6 Å². The summed E-state index contributed by atoms with van der Waals surface area (Å²) in [6.45, 7) is 11.9. The second kappa shape index (κ2) is 14.2. The average molecular weight is 550 g/mol. The molecule has 0 aromatic heterocycles. The van der Waals surface area contributed by atoms with E-state index >= 15 is 0 Å². The number of halogens is 2. The zero-order valence-corrected chi connectivity index (χ0v) is 20.3. The van der Waals surface area contributed by atoms with Gasteiger partial charge in [-0.3, -0.25) is 0 Å². The van der Waals surface area contributed by atoms with Crippen LogP contribution in [0.15, 0.2) is 45.4 Å². The molecule has 9 heteroatoms. The first-order valence-corrected chi connectivity index (χ1v) is 10.8. The summed E-state index contributed by atoms with van der Waals surface area (Å²) in [7, 11) is 0. The number of hydrogen-bond donors (Lipinski definition) is 0. The standard InChI is InChI=1S/C21H26Br2O7/c1-14(2)20(24)29-7-5-6-27-18-13-19(17(23)12-16(18)22)28-10-8-26-9-11-30-21(25)15(3)4/h12-13H,1,3,5-11H2,2,4H3. The summed E-state index contributed by atoms with van der Waals surface area (Å²) < 4.78 is 28.3. The van der Waals surface area contributed by atoms with Crippen LogP contribution < -0.4 is 9.47 Å². The summed E-state index contributed by atoms with van der Waals surface area (Å²) in [5.41, 5.74) is 0.717. The molecule has 0 aliphatic carbocycles. The van der Waals surface area contributed by atoms with Gasteiger partial charge < -0.3 is 23.7 Å². The highest BCUT2D eigenvalue weighted by Crippen LogP contribution is 2.36. The Morgan fingerprint density at radius 2 is 1.27 bits per heavy atom. The fourth-order valence-corrected chi connectivity index (χ4v) is 3.11. The van der Waals surface area contributed by atoms with E-state index in [1.54, 1.807) is 19.9 Å². The van der Waals surface area contributed by atoms with Crippen molar-refractivity contribution in [2.24, 2.45) is 0 Å². The van der Waals surface area contributed by atoms with Crippen molar-refractivity contribution in [1.29, 1.82) is 0 Å². The van der Waals surface area contributed by atoms with Crippen molar-refractivity contribution < 1.29 is 33.3 Å². The number of carbonyl (C=O) groups is 2. The summed E-state index contributed by atoms with van der Waals surface area (Å²) in [6, 6.07) is 3.58. The molecule has 7 nitrogen and oxygen atoms in total. The van der Waals surface area contributed by atoms with Gasteiger partial charge in [0.25, 0.3) is 0 Å². The van der Waals surface area contributed by atoms with Crippen molar-refractivity contribution in [2.45, 2.75) is 20.3 Å². The van der Waals surface area contributed by atoms with Crippen LogP contribution in [-0.2, 0) is 23.8 Å². The molecular weight excluding hydrogens is 524 g/mol. The van der Waals surface area contributed by atoms with Crippen LogP contribution in [0.5, 0.6) is 11.5 Å². The lowest BCUT2D eigenvalue weighted by atomic mass is 10.3. The molecule has 0 unspecified atom stereocenters. The van der Waals surface area contributed by atoms with E-state index in [2.05, 4.69) is 45.0 Å². The predicted octanol–water partition coefficient (Wildman–Crippen LogP) is 4.61. The number of carbonyl (C=O) groups excluding carboxylic acids is 2. The first kappa shape index (κ1) is 26.2. The van der Waals surface area contributed by atoms with Gasteiger partial charge in [0.1, 0.15) is 24.7 Å². The van der Waals surface area contributed by atoms with Gasteiger partial charge in [-0.05, 0) is 51.8 Å². The van der Waals surface area contributed by atoms with Crippen LogP contribution >= 0.6 is 31.9 Å². The van der Waals surface area contributed by atoms with Gasteiger partial charge in [0.15, 0.2) is 0 Å². The van der Waals surface area contributed by atoms with E-state index in [0.29, 0.717) is 48.9 Å². The van der Waals surface area contributed by atoms with E-state index < -0.39 is 11.9 Å². The predicted molar refractivity (Wildman–Crippen MR) is 120 cm³/mol. The minimum absolute atomic E-state index is 0.160. The monoisotopic (exact) mass is 548 g/mol. The molecule has 0 atom stereocenters. The molecule has 30 heavy (non-hydrogen) atoms. The van der Waals surface area contributed by atoms with Crippen molar-refractivity contribution in [3.63, 3.8) is 0 Å². The second-order valence-corrected chi connectivity index (χ2v) is 7.92. The first-order valence-electron chi connectivity index (χ1n) is 9.20. The van der Waals surface area contributed by atoms with Gasteiger partial charge in [-0.15, -0.1) is 0 Å². The van der Waals surface area contributed by atoms with E-state index in [0.717, 1.165) is 8.95 Å². The molecule has 0 fully saturated rings. The molecule has 1 rings (SSSR count). The summed E-state index contributed by atoms with van der Waals surface area (Å²) in [5, 5.41) is 0. The quantitative estimate of drug-likeness (QED) is 0.190. The van der Waals surface area contributed by atoms with Crippen LogP contribution in [0.4, 0.5) is 0 Å². The normalized spacial score (nSPS) is 10.3. The van der Waals surface area contributed by atoms with Crippen molar-refractivity contribution in [1.82, 2.24) is 0 Å². The fourth-order valence-electron chi connectivity index (χ4n) is 1.89. The summed E-state index contributed by atoms with van der Waals surface area (Å²) in [5.74, 6) is 0.355. The molecule has 0 saturated carbocycles. The SMILES string of the molecule is C=C(C)C(=O)OCCCOc1cc(OCCOCCOC(=O)C(=C)C)c(Br)cc1Br. The van der Waals surface area contributed by atoms with Crippen LogP contribution in [0.2, 0.25) is 0 Å². The first-order chi connectivity index (χ1) is 14.2. The molecule has 166 valence electrons. The van der Waals surface area contributed by atoms with E-state index in [9.17, 15) is 9.59 Å². The molecular formula is C21H26Br2O7. The minimum atomic E-state index is -0.435. The van der Waals surface area contributed by atoms with Crippen molar-refractivity contribution in [2.75, 3.05) is 39.6 Å². The fraction of sp³-hybridized carbons (Fsp3) is 0.429. The molecule has 0 saturated heterocycles. The number of ether oxygens (including phenoxy) is 5. The van der Waals surface area contributed by atoms with Crippen LogP contribution in [0.25, 0.3) is 0 Å². The lowest BCUT2D eigenvalue weighted by Crippen LogP contribution is -2.14. The highest BCUT2D eigenvalue weighted by Gasteiger charge is 2.10. The summed E-state index contributed by atoms with van der Waals surface area (Å²) >= 11 is 6.89. The molecule has 0 radical (unpaired) electrons. The molecule has 0 amide bonds. The van der Waals surface area contributed by atoms with E-state index in [1.807, 2.05) is 6.07 Å². The van der Waals surface area contributed by atoms with Crippen LogP contribution in [0, 0.1) is 0 Å². The number of hydrogen-bond acceptors (Lipinski definition) is 7. The molecule has 0 bridgehead atoms. The second-order valence-electron chi connectivity index (χ2n) is 6.21. The van der Waals surface area contributed by atoms with Crippen LogP contribution in [0.1, 0.15) is 20.3 Å². The van der Waals surface area contributed by atoms with Gasteiger partial charge in [0.05, 0.1) is 35.4 Å². The van der Waals surface area contributed by atoms with E-state index in [-0.39, 0.29) is 19.8 Å². The van der Waals surface area contributed by atoms with E-state index in [4.69, 9.17) is 23.7 Å². The molecule has 0 heterocycles. The van der Waals surface area contributed by atoms with Crippen molar-refractivity contribution >= 4 is 43.8 Å². The number of benzene rings is 1. The zero-order chi connectivity index (χ0) is 22.5. The van der Waals surface area contributed by atoms with E-state index in [1.165, 1.54) is 0 Å². The number of rotatable bonds is 14. The Labute approximate surface area is 193 Å². The van der Waals surface area contributed by atoms with Gasteiger partial charge in [-0.25, -0.2) is 9.59 Å². The van der Waals surface area contributed by atoms with Crippen LogP contribution in [0.3, 0.4) is 0 Å². The van der Waals surface area contributed by atoms with Crippen molar-refractivity contribution in [3.05, 3.63) is 45.4 Å². The Kier molecular flexibility index (Phi) is 12.4. The molecule has 0 aliphatic rings. The Bertz CT molecular complexity index is 762. The molecule has 0 spiro atoms. The Morgan fingerprint density at radius 1 is 0.767 bits per heavy atom. The molecule has 0 aliphatic heterocycles. The Morgan fingerprint density at radius 3 is 1.83 bits per heavy atom. The average Bonchev–Trinajstić information content (AvgIpc) is 2.68. The smallest absolute Gasteiger partial charge is 0.333 e. The molecule has 0 N–H and O–H groups in total. The summed E-state index contributed by atoms with van der Waals surface area (Å²) in [4.78, 5) is 22.6. The zero-order valence-electron chi connectivity index (χ0n) is 17.1. The van der Waals surface area contributed by atoms with Gasteiger partial charge in [0.2, 0.25) is 0 Å². The molecule has 1 aromatic rings. The van der Waals surface area contributed by atoms with Gasteiger partial charge in [-0.1, -0.05) is 13.2 Å². The maximum absolute atomic E-state index is 11.3. The largest absolute Gasteiger partial charge is 0.492 e. The lowest BCUT2D eigenvalue weighted by molar-refractivity contribution is -0.140. The van der Waals surface area contributed by atoms with Gasteiger partial charge in [0, 0.05) is 23.6 Å². The number of esters is 2. The minimum Gasteiger partial charge on any atom is -0.492 e. The van der Waals surface area contributed by atoms with Gasteiger partial charge >= 0.3 is 11.9 Å². The highest BCUT2D eigenvalue weighted by atomic mass is 79.9. The summed E-state index contributed by atoms with van der Waals surface area (Å²) in [6.07, 6.45) is 0.543. The third-order valence-corrected chi connectivity index (χ3v) is 4.65. The third-order valence-electron chi connectivity index (χ3n) is 3.41. The topological polar surface area (TPSA) is 80.3 Å². The Hall–Kier alpha value is -1.84. The highest BCUT2D eigenvalue weighted by molar-refractivity contribution is 9.11. The molecule has 1 aromatic carbocycles. The third kappa shape index (κ3) is 10.3. The van der Waals surface area contributed by atoms with Crippen molar-refractivity contribution in [3.8, 4) is 11.5 Å². The Balaban J connectivity index is 2.34. The maximum Gasteiger partial charge on any atom is 0.333 e. The van der Waals surface area contributed by atoms with Gasteiger partial charge in [-0.2, -0.15) is 0 Å². The lowest BCUT2D eigenvalue weighted by Gasteiger charge is -2.13.